The summed E-state index contributed by atoms with van der Waals surface area (Å²) in [6.45, 7) is 0.497. The molecule has 1 aromatic rings. The number of urea groups is 1. The van der Waals surface area contributed by atoms with E-state index in [4.69, 9.17) is 5.11 Å². The van der Waals surface area contributed by atoms with E-state index >= 15 is 0 Å². The highest BCUT2D eigenvalue weighted by atomic mass is 16.4. The minimum absolute atomic E-state index is 0.418. The lowest BCUT2D eigenvalue weighted by Crippen LogP contribution is -2.33. The van der Waals surface area contributed by atoms with Crippen molar-refractivity contribution in [2.75, 3.05) is 6.54 Å². The van der Waals surface area contributed by atoms with Gasteiger partial charge in [0.05, 0.1) is 0 Å². The fourth-order valence-corrected chi connectivity index (χ4v) is 1.20. The number of nitrogens with one attached hydrogen (secondary N) is 2. The molecule has 5 nitrogen and oxygen atoms in total. The van der Waals surface area contributed by atoms with E-state index in [-0.39, 0.29) is 0 Å². The molecule has 3 N–H and O–H groups in total. The molecule has 1 aromatic carbocycles. The van der Waals surface area contributed by atoms with E-state index in [9.17, 15) is 9.59 Å². The zero-order chi connectivity index (χ0) is 12.5. The first-order valence-electron chi connectivity index (χ1n) is 5.16. The van der Waals surface area contributed by atoms with Crippen LogP contribution in [0.5, 0.6) is 0 Å². The summed E-state index contributed by atoms with van der Waals surface area (Å²) in [7, 11) is 0. The lowest BCUT2D eigenvalue weighted by Gasteiger charge is -2.04. The first kappa shape index (κ1) is 12.8. The third kappa shape index (κ3) is 5.99. The van der Waals surface area contributed by atoms with Gasteiger partial charge in [0.2, 0.25) is 0 Å². The monoisotopic (exact) mass is 234 g/mol. The van der Waals surface area contributed by atoms with Crippen LogP contribution in [0.2, 0.25) is 0 Å². The molecule has 0 fully saturated rings. The molecule has 1 rings (SSSR count). The number of amides is 2. The van der Waals surface area contributed by atoms with Crippen molar-refractivity contribution < 1.29 is 14.7 Å². The number of hydrogen-bond acceptors (Lipinski definition) is 2. The van der Waals surface area contributed by atoms with Crippen molar-refractivity contribution in [3.63, 3.8) is 0 Å². The summed E-state index contributed by atoms with van der Waals surface area (Å²) in [5.74, 6) is -1.10. The molecule has 0 unspecified atom stereocenters. The molecule has 0 saturated carbocycles. The Bertz CT molecular complexity index is 401. The predicted octanol–water partition coefficient (Wildman–Crippen LogP) is 1.13. The second-order valence-corrected chi connectivity index (χ2v) is 3.31. The fourth-order valence-electron chi connectivity index (χ4n) is 1.20. The zero-order valence-electron chi connectivity index (χ0n) is 9.22. The maximum atomic E-state index is 11.1. The number of carboxylic acids is 1. The molecule has 0 aliphatic rings. The van der Waals surface area contributed by atoms with E-state index in [0.29, 0.717) is 6.54 Å². The standard InChI is InChI=1S/C12H14N2O3/c15-11(16)7-9-14-12(17)13-8-6-10-4-2-1-3-5-10/h1-5,7,9H,6,8H2,(H,15,16)(H2,13,14,17)/b9-7+. The first-order chi connectivity index (χ1) is 8.18. The smallest absolute Gasteiger partial charge is 0.329 e. The quantitative estimate of drug-likeness (QED) is 0.668. The van der Waals surface area contributed by atoms with Gasteiger partial charge in [0.1, 0.15) is 0 Å². The van der Waals surface area contributed by atoms with Gasteiger partial charge in [-0.1, -0.05) is 30.3 Å². The Kier molecular flexibility index (Phi) is 5.30. The zero-order valence-corrected chi connectivity index (χ0v) is 9.22. The van der Waals surface area contributed by atoms with Crippen LogP contribution in [-0.2, 0) is 11.2 Å². The van der Waals surface area contributed by atoms with Gasteiger partial charge in [0, 0.05) is 18.8 Å². The van der Waals surface area contributed by atoms with Gasteiger partial charge >= 0.3 is 12.0 Å². The average Bonchev–Trinajstić information content (AvgIpc) is 2.30. The Balaban J connectivity index is 2.18. The molecular formula is C12H14N2O3. The number of rotatable bonds is 5. The highest BCUT2D eigenvalue weighted by Gasteiger charge is 1.97. The van der Waals surface area contributed by atoms with E-state index in [1.54, 1.807) is 0 Å². The molecular weight excluding hydrogens is 220 g/mol. The maximum Gasteiger partial charge on any atom is 0.329 e. The van der Waals surface area contributed by atoms with Crippen molar-refractivity contribution in [1.82, 2.24) is 10.6 Å². The van der Waals surface area contributed by atoms with Crippen LogP contribution in [0, 0.1) is 0 Å². The molecule has 0 radical (unpaired) electrons. The second-order valence-electron chi connectivity index (χ2n) is 3.31. The van der Waals surface area contributed by atoms with Crippen LogP contribution in [0.25, 0.3) is 0 Å². The third-order valence-electron chi connectivity index (χ3n) is 1.98. The molecule has 0 bridgehead atoms. The van der Waals surface area contributed by atoms with E-state index in [1.165, 1.54) is 0 Å². The summed E-state index contributed by atoms with van der Waals surface area (Å²) in [5, 5.41) is 13.2. The highest BCUT2D eigenvalue weighted by molar-refractivity contribution is 5.81. The molecule has 0 saturated heterocycles. The minimum Gasteiger partial charge on any atom is -0.478 e. The maximum absolute atomic E-state index is 11.1. The van der Waals surface area contributed by atoms with Crippen molar-refractivity contribution in [1.29, 1.82) is 0 Å². The van der Waals surface area contributed by atoms with Gasteiger partial charge in [-0.3, -0.25) is 0 Å². The Morgan fingerprint density at radius 1 is 1.24 bits per heavy atom. The summed E-state index contributed by atoms with van der Waals surface area (Å²) >= 11 is 0. The first-order valence-corrected chi connectivity index (χ1v) is 5.16. The number of aliphatic carboxylic acids is 1. The van der Waals surface area contributed by atoms with Crippen LogP contribution in [-0.4, -0.2) is 23.7 Å². The van der Waals surface area contributed by atoms with Gasteiger partial charge < -0.3 is 15.7 Å². The van der Waals surface area contributed by atoms with Crippen LogP contribution in [0.3, 0.4) is 0 Å². The Labute approximate surface area is 99.1 Å². The van der Waals surface area contributed by atoms with Gasteiger partial charge in [-0.25, -0.2) is 9.59 Å². The number of carboxylic acid groups (broad SMARTS) is 1. The van der Waals surface area contributed by atoms with Crippen LogP contribution < -0.4 is 10.6 Å². The van der Waals surface area contributed by atoms with Gasteiger partial charge in [-0.05, 0) is 12.0 Å². The van der Waals surface area contributed by atoms with E-state index in [2.05, 4.69) is 10.6 Å². The predicted molar refractivity (Wildman–Crippen MR) is 63.5 cm³/mol. The molecule has 0 heterocycles. The van der Waals surface area contributed by atoms with E-state index in [0.717, 1.165) is 24.3 Å². The summed E-state index contributed by atoms with van der Waals surface area (Å²) in [4.78, 5) is 21.3. The van der Waals surface area contributed by atoms with Gasteiger partial charge in [0.25, 0.3) is 0 Å². The van der Waals surface area contributed by atoms with E-state index < -0.39 is 12.0 Å². The lowest BCUT2D eigenvalue weighted by molar-refractivity contribution is -0.131. The van der Waals surface area contributed by atoms with Crippen LogP contribution in [0.4, 0.5) is 4.79 Å². The molecule has 2 amide bonds. The van der Waals surface area contributed by atoms with Crippen LogP contribution >= 0.6 is 0 Å². The summed E-state index contributed by atoms with van der Waals surface area (Å²) in [6.07, 6.45) is 2.67. The Morgan fingerprint density at radius 3 is 2.59 bits per heavy atom. The number of hydrogen-bond donors (Lipinski definition) is 3. The Morgan fingerprint density at radius 2 is 1.94 bits per heavy atom. The fraction of sp³-hybridized carbons (Fsp3) is 0.167. The minimum atomic E-state index is -1.10. The normalized spacial score (nSPS) is 10.1. The molecule has 0 atom stereocenters. The second kappa shape index (κ2) is 7.05. The van der Waals surface area contributed by atoms with Crippen molar-refractivity contribution in [3.05, 3.63) is 48.2 Å². The highest BCUT2D eigenvalue weighted by Crippen LogP contribution is 1.97. The summed E-state index contributed by atoms with van der Waals surface area (Å²) < 4.78 is 0. The van der Waals surface area contributed by atoms with E-state index in [1.807, 2.05) is 30.3 Å². The number of carbonyl (C=O) groups excluding carboxylic acids is 1. The summed E-state index contributed by atoms with van der Waals surface area (Å²) in [5.41, 5.74) is 1.13. The molecule has 0 aromatic heterocycles. The largest absolute Gasteiger partial charge is 0.478 e. The number of carbonyl (C=O) groups is 2. The van der Waals surface area contributed by atoms with Crippen molar-refractivity contribution in [3.8, 4) is 0 Å². The van der Waals surface area contributed by atoms with Crippen molar-refractivity contribution >= 4 is 12.0 Å². The molecule has 0 aliphatic heterocycles. The summed E-state index contributed by atoms with van der Waals surface area (Å²) in [6, 6.07) is 9.34. The molecule has 0 spiro atoms. The van der Waals surface area contributed by atoms with Crippen LogP contribution in [0.15, 0.2) is 42.6 Å². The van der Waals surface area contributed by atoms with Crippen molar-refractivity contribution in [2.24, 2.45) is 0 Å². The third-order valence-corrected chi connectivity index (χ3v) is 1.98. The number of benzene rings is 1. The molecule has 17 heavy (non-hydrogen) atoms. The van der Waals surface area contributed by atoms with Crippen molar-refractivity contribution in [2.45, 2.75) is 6.42 Å². The Hall–Kier alpha value is -2.30. The topological polar surface area (TPSA) is 78.4 Å². The SMILES string of the molecule is O=C(O)/C=C/NC(=O)NCCc1ccccc1. The van der Waals surface area contributed by atoms with Gasteiger partial charge in [0.15, 0.2) is 0 Å². The lowest BCUT2D eigenvalue weighted by atomic mass is 10.1. The molecule has 0 aliphatic carbocycles. The van der Waals surface area contributed by atoms with Crippen LogP contribution in [0.1, 0.15) is 5.56 Å². The molecule has 90 valence electrons. The average molecular weight is 234 g/mol. The van der Waals surface area contributed by atoms with Gasteiger partial charge in [-0.15, -0.1) is 0 Å². The molecule has 5 heteroatoms. The van der Waals surface area contributed by atoms with Gasteiger partial charge in [-0.2, -0.15) is 0 Å².